The maximum atomic E-state index is 13.8. The number of esters is 1. The van der Waals surface area contributed by atoms with E-state index in [-0.39, 0.29) is 6.61 Å². The maximum Gasteiger partial charge on any atom is 0.435 e. The summed E-state index contributed by atoms with van der Waals surface area (Å²) in [6, 6.07) is 4.13. The zero-order valence-electron chi connectivity index (χ0n) is 17.2. The molecular formula is C20H23FN4O6. The molecule has 1 aliphatic heterocycles. The number of carboxylic acid groups (broad SMARTS) is 1. The Bertz CT molecular complexity index is 1010. The Labute approximate surface area is 177 Å². The Morgan fingerprint density at radius 1 is 1.23 bits per heavy atom. The molecule has 1 saturated heterocycles. The Hall–Kier alpha value is -3.47. The summed E-state index contributed by atoms with van der Waals surface area (Å²) in [5.74, 6) is -1.91. The van der Waals surface area contributed by atoms with Gasteiger partial charge in [-0.2, -0.15) is 4.68 Å². The van der Waals surface area contributed by atoms with Gasteiger partial charge >= 0.3 is 18.0 Å². The van der Waals surface area contributed by atoms with Crippen molar-refractivity contribution >= 4 is 34.8 Å². The standard InChI is InChI=1S/C20H23FN4O6/c1-3-30-20(29)25-16-12-14(21)4-5-15(16)19(22-25)24-10-8-23(9-11-24)13(2)31-18(28)7-6-17(26)27/h4-7,12-13H,3,8-11H2,1-2H3,(H,26,27)/b7-6-. The lowest BCUT2D eigenvalue weighted by atomic mass is 10.2. The highest BCUT2D eigenvalue weighted by atomic mass is 19.1. The van der Waals surface area contributed by atoms with E-state index in [4.69, 9.17) is 14.6 Å². The summed E-state index contributed by atoms with van der Waals surface area (Å²) in [6.45, 7) is 5.67. The molecule has 0 saturated carbocycles. The van der Waals surface area contributed by atoms with E-state index in [9.17, 15) is 18.8 Å². The zero-order valence-corrected chi connectivity index (χ0v) is 17.2. The van der Waals surface area contributed by atoms with Gasteiger partial charge in [-0.1, -0.05) is 0 Å². The number of aromatic nitrogens is 2. The number of hydrogen-bond acceptors (Lipinski definition) is 8. The number of ether oxygens (including phenoxy) is 2. The Kier molecular flexibility index (Phi) is 6.85. The van der Waals surface area contributed by atoms with E-state index in [1.165, 1.54) is 12.1 Å². The fraction of sp³-hybridized carbons (Fsp3) is 0.400. The third-order valence-corrected chi connectivity index (χ3v) is 4.84. The largest absolute Gasteiger partial charge is 0.478 e. The number of carbonyl (C=O) groups is 3. The first-order valence-electron chi connectivity index (χ1n) is 9.76. The van der Waals surface area contributed by atoms with Gasteiger partial charge in [0.2, 0.25) is 0 Å². The first-order chi connectivity index (χ1) is 14.8. The topological polar surface area (TPSA) is 114 Å². The third kappa shape index (κ3) is 5.18. The van der Waals surface area contributed by atoms with Gasteiger partial charge in [0.15, 0.2) is 12.0 Å². The number of hydrogen-bond donors (Lipinski definition) is 1. The number of carbonyl (C=O) groups excluding carboxylic acids is 2. The lowest BCUT2D eigenvalue weighted by Crippen LogP contribution is -2.50. The van der Waals surface area contributed by atoms with Crippen molar-refractivity contribution in [3.63, 3.8) is 0 Å². The van der Waals surface area contributed by atoms with E-state index < -0.39 is 30.1 Å². The van der Waals surface area contributed by atoms with Crippen LogP contribution in [0.2, 0.25) is 0 Å². The number of aliphatic carboxylic acids is 1. The van der Waals surface area contributed by atoms with Crippen molar-refractivity contribution in [2.75, 3.05) is 37.7 Å². The summed E-state index contributed by atoms with van der Waals surface area (Å²) in [6.07, 6.45) is 0.359. The second-order valence-electron chi connectivity index (χ2n) is 6.83. The zero-order chi connectivity index (χ0) is 22.5. The minimum atomic E-state index is -1.23. The van der Waals surface area contributed by atoms with Crippen LogP contribution in [0.5, 0.6) is 0 Å². The van der Waals surface area contributed by atoms with Gasteiger partial charge in [0, 0.05) is 49.8 Å². The smallest absolute Gasteiger partial charge is 0.435 e. The van der Waals surface area contributed by atoms with E-state index >= 15 is 0 Å². The minimum absolute atomic E-state index is 0.168. The third-order valence-electron chi connectivity index (χ3n) is 4.84. The minimum Gasteiger partial charge on any atom is -0.478 e. The first-order valence-corrected chi connectivity index (χ1v) is 9.76. The number of fused-ring (bicyclic) bond motifs is 1. The van der Waals surface area contributed by atoms with E-state index in [1.54, 1.807) is 19.9 Å². The number of rotatable bonds is 6. The maximum absolute atomic E-state index is 13.8. The highest BCUT2D eigenvalue weighted by molar-refractivity contribution is 5.96. The van der Waals surface area contributed by atoms with Gasteiger partial charge in [-0.3, -0.25) is 4.90 Å². The van der Waals surface area contributed by atoms with Crippen molar-refractivity contribution in [1.82, 2.24) is 14.7 Å². The molecule has 0 amide bonds. The molecule has 31 heavy (non-hydrogen) atoms. The monoisotopic (exact) mass is 434 g/mol. The number of piperazine rings is 1. The summed E-state index contributed by atoms with van der Waals surface area (Å²) in [4.78, 5) is 38.3. The fourth-order valence-electron chi connectivity index (χ4n) is 3.35. The molecule has 3 rings (SSSR count). The molecule has 1 aliphatic rings. The summed E-state index contributed by atoms with van der Waals surface area (Å²) in [5, 5.41) is 13.6. The molecule has 10 nitrogen and oxygen atoms in total. The molecule has 0 bridgehead atoms. The van der Waals surface area contributed by atoms with Gasteiger partial charge in [-0.25, -0.2) is 18.8 Å². The lowest BCUT2D eigenvalue weighted by Gasteiger charge is -2.37. The highest BCUT2D eigenvalue weighted by Crippen LogP contribution is 2.28. The fourth-order valence-corrected chi connectivity index (χ4v) is 3.35. The normalized spacial score (nSPS) is 15.9. The van der Waals surface area contributed by atoms with Crippen molar-refractivity contribution in [3.05, 3.63) is 36.2 Å². The lowest BCUT2D eigenvalue weighted by molar-refractivity contribution is -0.152. The second kappa shape index (κ2) is 9.56. The molecule has 1 atom stereocenters. The summed E-state index contributed by atoms with van der Waals surface area (Å²) in [5.41, 5.74) is 0.323. The number of benzene rings is 1. The van der Waals surface area contributed by atoms with Crippen LogP contribution in [-0.2, 0) is 19.1 Å². The van der Waals surface area contributed by atoms with E-state index in [0.717, 1.165) is 16.8 Å². The summed E-state index contributed by atoms with van der Waals surface area (Å²) >= 11 is 0. The quantitative estimate of drug-likeness (QED) is 0.537. The molecule has 1 aromatic carbocycles. The highest BCUT2D eigenvalue weighted by Gasteiger charge is 2.27. The molecule has 166 valence electrons. The molecule has 1 aromatic heterocycles. The molecule has 11 heteroatoms. The van der Waals surface area contributed by atoms with Gasteiger partial charge in [-0.15, -0.1) is 5.10 Å². The number of anilines is 1. The van der Waals surface area contributed by atoms with Gasteiger partial charge in [0.05, 0.1) is 12.1 Å². The molecular weight excluding hydrogens is 411 g/mol. The van der Waals surface area contributed by atoms with Crippen LogP contribution in [0.15, 0.2) is 30.4 Å². The van der Waals surface area contributed by atoms with Crippen LogP contribution in [0.3, 0.4) is 0 Å². The van der Waals surface area contributed by atoms with Crippen LogP contribution in [-0.4, -0.2) is 76.8 Å². The van der Waals surface area contributed by atoms with Crippen molar-refractivity contribution < 1.29 is 33.4 Å². The molecule has 0 aliphatic carbocycles. The van der Waals surface area contributed by atoms with Crippen LogP contribution in [0.25, 0.3) is 10.9 Å². The molecule has 2 aromatic rings. The molecule has 1 N–H and O–H groups in total. The van der Waals surface area contributed by atoms with Gasteiger partial charge < -0.3 is 19.5 Å². The predicted molar refractivity (Wildman–Crippen MR) is 108 cm³/mol. The van der Waals surface area contributed by atoms with Crippen LogP contribution in [0, 0.1) is 5.82 Å². The van der Waals surface area contributed by atoms with Crippen molar-refractivity contribution in [2.45, 2.75) is 20.1 Å². The average Bonchev–Trinajstić information content (AvgIpc) is 3.11. The van der Waals surface area contributed by atoms with Crippen molar-refractivity contribution in [2.24, 2.45) is 0 Å². The van der Waals surface area contributed by atoms with E-state index in [1.807, 2.05) is 9.80 Å². The van der Waals surface area contributed by atoms with Gasteiger partial charge in [-0.05, 0) is 26.0 Å². The first kappa shape index (κ1) is 22.2. The van der Waals surface area contributed by atoms with Crippen LogP contribution >= 0.6 is 0 Å². The number of nitrogens with zero attached hydrogens (tertiary/aromatic N) is 4. The van der Waals surface area contributed by atoms with Crippen molar-refractivity contribution in [1.29, 1.82) is 0 Å². The van der Waals surface area contributed by atoms with E-state index in [2.05, 4.69) is 5.10 Å². The number of halogens is 1. The Morgan fingerprint density at radius 3 is 2.58 bits per heavy atom. The molecule has 1 unspecified atom stereocenters. The summed E-state index contributed by atoms with van der Waals surface area (Å²) in [7, 11) is 0. The van der Waals surface area contributed by atoms with Gasteiger partial charge in [0.1, 0.15) is 5.82 Å². The number of carboxylic acids is 1. The van der Waals surface area contributed by atoms with Crippen LogP contribution < -0.4 is 4.90 Å². The Balaban J connectivity index is 1.71. The Morgan fingerprint density at radius 2 is 1.94 bits per heavy atom. The SMILES string of the molecule is CCOC(=O)n1nc(N2CCN(C(C)OC(=O)/C=C\C(=O)O)CC2)c2ccc(F)cc21. The second-order valence-corrected chi connectivity index (χ2v) is 6.83. The van der Waals surface area contributed by atoms with Crippen LogP contribution in [0.4, 0.5) is 15.0 Å². The van der Waals surface area contributed by atoms with Gasteiger partial charge in [0.25, 0.3) is 0 Å². The molecule has 2 heterocycles. The predicted octanol–water partition coefficient (Wildman–Crippen LogP) is 1.83. The van der Waals surface area contributed by atoms with E-state index in [0.29, 0.717) is 42.9 Å². The van der Waals surface area contributed by atoms with Crippen molar-refractivity contribution in [3.8, 4) is 0 Å². The summed E-state index contributed by atoms with van der Waals surface area (Å²) < 4.78 is 25.1. The average molecular weight is 434 g/mol. The molecule has 0 radical (unpaired) electrons. The molecule has 1 fully saturated rings. The molecule has 0 spiro atoms. The van der Waals surface area contributed by atoms with Crippen LogP contribution in [0.1, 0.15) is 13.8 Å².